The molecular weight excluding hydrogens is 328 g/mol. The van der Waals surface area contributed by atoms with Gasteiger partial charge in [0.25, 0.3) is 0 Å². The maximum atomic E-state index is 11.4. The molecule has 7 atom stereocenters. The van der Waals surface area contributed by atoms with Crippen LogP contribution in [-0.4, -0.2) is 33.0 Å². The Labute approximate surface area is 156 Å². The predicted octanol–water partition coefficient (Wildman–Crippen LogP) is 3.91. The van der Waals surface area contributed by atoms with Crippen molar-refractivity contribution >= 4 is 5.97 Å². The fraction of sp³-hybridized carbons (Fsp3) is 0.864. The highest BCUT2D eigenvalue weighted by molar-refractivity contribution is 5.66. The molecule has 0 radical (unpaired) electrons. The lowest BCUT2D eigenvalue weighted by molar-refractivity contribution is -0.146. The molecule has 4 nitrogen and oxygen atoms in total. The van der Waals surface area contributed by atoms with Gasteiger partial charge in [0.1, 0.15) is 0 Å². The van der Waals surface area contributed by atoms with Crippen LogP contribution in [0.5, 0.6) is 0 Å². The van der Waals surface area contributed by atoms with Crippen molar-refractivity contribution in [3.8, 4) is 0 Å². The number of rotatable bonds is 3. The van der Waals surface area contributed by atoms with Crippen molar-refractivity contribution in [3.05, 3.63) is 11.6 Å². The molecule has 0 spiro atoms. The van der Waals surface area contributed by atoms with Crippen molar-refractivity contribution in [2.75, 3.05) is 0 Å². The van der Waals surface area contributed by atoms with Crippen molar-refractivity contribution < 1.29 is 20.1 Å². The summed E-state index contributed by atoms with van der Waals surface area (Å²) >= 11 is 0. The van der Waals surface area contributed by atoms with Crippen molar-refractivity contribution in [1.82, 2.24) is 0 Å². The van der Waals surface area contributed by atoms with Crippen LogP contribution in [0.3, 0.4) is 0 Å². The molecule has 0 aromatic heterocycles. The summed E-state index contributed by atoms with van der Waals surface area (Å²) in [6.07, 6.45) is 10.5. The highest BCUT2D eigenvalue weighted by Crippen LogP contribution is 2.67. The molecule has 0 aliphatic heterocycles. The van der Waals surface area contributed by atoms with E-state index in [0.717, 1.165) is 51.4 Å². The summed E-state index contributed by atoms with van der Waals surface area (Å²) in [6, 6.07) is 0. The zero-order valence-electron chi connectivity index (χ0n) is 16.2. The molecule has 0 amide bonds. The van der Waals surface area contributed by atoms with Gasteiger partial charge in [-0.1, -0.05) is 25.5 Å². The Hall–Kier alpha value is -0.870. The smallest absolute Gasteiger partial charge is 0.303 e. The van der Waals surface area contributed by atoms with Crippen LogP contribution in [0.4, 0.5) is 0 Å². The Balaban J connectivity index is 1.61. The average molecular weight is 363 g/mol. The van der Waals surface area contributed by atoms with Crippen molar-refractivity contribution in [2.45, 2.75) is 89.8 Å². The molecule has 4 rings (SSSR count). The van der Waals surface area contributed by atoms with E-state index >= 15 is 0 Å². The van der Waals surface area contributed by atoms with Crippen LogP contribution in [0, 0.1) is 28.6 Å². The summed E-state index contributed by atoms with van der Waals surface area (Å²) in [7, 11) is 0. The first-order valence-electron chi connectivity index (χ1n) is 10.5. The van der Waals surface area contributed by atoms with Gasteiger partial charge in [0, 0.05) is 6.42 Å². The Kier molecular flexibility index (Phi) is 4.31. The zero-order chi connectivity index (χ0) is 18.7. The standard InChI is InChI=1S/C22H34O4/c1-20-9-5-15(23)13-14(20)3-4-16-17(20)6-10-21(2)18(16)7-11-22(21,26)12-8-19(24)25/h3,15-18,23,26H,4-13H2,1-2H3,(H,24,25)/t15?,16-,17+,18+,20+,21+,22+/m1/s1. The number of aliphatic hydroxyl groups is 2. The first kappa shape index (κ1) is 18.5. The number of hydrogen-bond donors (Lipinski definition) is 3. The Morgan fingerprint density at radius 1 is 1.15 bits per heavy atom. The third-order valence-electron chi connectivity index (χ3n) is 9.15. The van der Waals surface area contributed by atoms with E-state index in [2.05, 4.69) is 19.9 Å². The van der Waals surface area contributed by atoms with E-state index in [9.17, 15) is 15.0 Å². The van der Waals surface area contributed by atoms with Crippen LogP contribution >= 0.6 is 0 Å². The lowest BCUT2D eigenvalue weighted by atomic mass is 9.47. The van der Waals surface area contributed by atoms with E-state index in [-0.39, 0.29) is 23.4 Å². The summed E-state index contributed by atoms with van der Waals surface area (Å²) in [4.78, 5) is 11.1. The molecule has 0 heterocycles. The van der Waals surface area contributed by atoms with Gasteiger partial charge in [-0.2, -0.15) is 0 Å². The first-order chi connectivity index (χ1) is 12.2. The number of aliphatic carboxylic acids is 1. The van der Waals surface area contributed by atoms with Gasteiger partial charge in [0.15, 0.2) is 0 Å². The van der Waals surface area contributed by atoms with Crippen LogP contribution in [-0.2, 0) is 4.79 Å². The molecule has 3 saturated carbocycles. The summed E-state index contributed by atoms with van der Waals surface area (Å²) in [5.41, 5.74) is 0.708. The number of fused-ring (bicyclic) bond motifs is 5. The molecule has 0 bridgehead atoms. The van der Waals surface area contributed by atoms with E-state index in [1.54, 1.807) is 0 Å². The number of aliphatic hydroxyl groups excluding tert-OH is 1. The van der Waals surface area contributed by atoms with Crippen molar-refractivity contribution in [1.29, 1.82) is 0 Å². The summed E-state index contributed by atoms with van der Waals surface area (Å²) < 4.78 is 0. The van der Waals surface area contributed by atoms with Gasteiger partial charge in [0.05, 0.1) is 11.7 Å². The molecule has 4 heteroatoms. The normalized spacial score (nSPS) is 50.4. The molecule has 0 aromatic carbocycles. The van der Waals surface area contributed by atoms with Crippen LogP contribution in [0.2, 0.25) is 0 Å². The summed E-state index contributed by atoms with van der Waals surface area (Å²) in [5.74, 6) is 0.922. The zero-order valence-corrected chi connectivity index (χ0v) is 16.2. The minimum absolute atomic E-state index is 0.0621. The molecule has 3 fully saturated rings. The monoisotopic (exact) mass is 362 g/mol. The fourth-order valence-corrected chi connectivity index (χ4v) is 7.48. The van der Waals surface area contributed by atoms with E-state index in [1.807, 2.05) is 0 Å². The van der Waals surface area contributed by atoms with Gasteiger partial charge in [-0.05, 0) is 86.4 Å². The maximum absolute atomic E-state index is 11.4. The van der Waals surface area contributed by atoms with Gasteiger partial charge in [-0.3, -0.25) is 4.79 Å². The molecular formula is C22H34O4. The van der Waals surface area contributed by atoms with E-state index in [0.29, 0.717) is 24.2 Å². The molecule has 3 N–H and O–H groups in total. The second kappa shape index (κ2) is 6.07. The Bertz CT molecular complexity index is 628. The third-order valence-corrected chi connectivity index (χ3v) is 9.15. The van der Waals surface area contributed by atoms with E-state index < -0.39 is 11.6 Å². The molecule has 4 aliphatic rings. The summed E-state index contributed by atoms with van der Waals surface area (Å²) in [5, 5.41) is 30.6. The highest BCUT2D eigenvalue weighted by atomic mass is 16.4. The maximum Gasteiger partial charge on any atom is 0.303 e. The van der Waals surface area contributed by atoms with E-state index in [1.165, 1.54) is 5.57 Å². The topological polar surface area (TPSA) is 77.8 Å². The predicted molar refractivity (Wildman–Crippen MR) is 99.5 cm³/mol. The number of carbonyl (C=O) groups is 1. The SMILES string of the molecule is C[C@]12CCC(O)CC1=CC[C@@H]1[C@@H]2CC[C@@]2(C)[C@H]1CC[C@]2(O)CCC(=O)O. The number of carboxylic acids is 1. The van der Waals surface area contributed by atoms with Crippen molar-refractivity contribution in [2.24, 2.45) is 28.6 Å². The van der Waals surface area contributed by atoms with Crippen LogP contribution in [0.25, 0.3) is 0 Å². The number of carboxylic acid groups (broad SMARTS) is 1. The van der Waals surface area contributed by atoms with Gasteiger partial charge >= 0.3 is 5.97 Å². The number of allylic oxidation sites excluding steroid dienone is 1. The third kappa shape index (κ3) is 2.51. The highest BCUT2D eigenvalue weighted by Gasteiger charge is 2.63. The van der Waals surface area contributed by atoms with Crippen LogP contribution in [0.15, 0.2) is 11.6 Å². The molecule has 0 saturated heterocycles. The lowest BCUT2D eigenvalue weighted by Crippen LogP contribution is -2.54. The Morgan fingerprint density at radius 2 is 1.88 bits per heavy atom. The molecule has 0 aromatic rings. The second-order valence-electron chi connectivity index (χ2n) is 10.1. The van der Waals surface area contributed by atoms with Crippen LogP contribution in [0.1, 0.15) is 78.1 Å². The largest absolute Gasteiger partial charge is 0.481 e. The van der Waals surface area contributed by atoms with Gasteiger partial charge in [-0.15, -0.1) is 0 Å². The van der Waals surface area contributed by atoms with Gasteiger partial charge in [0.2, 0.25) is 0 Å². The van der Waals surface area contributed by atoms with Gasteiger partial charge < -0.3 is 15.3 Å². The average Bonchev–Trinajstić information content (AvgIpc) is 2.86. The quantitative estimate of drug-likeness (QED) is 0.665. The first-order valence-corrected chi connectivity index (χ1v) is 10.5. The lowest BCUT2D eigenvalue weighted by Gasteiger charge is -2.59. The summed E-state index contributed by atoms with van der Waals surface area (Å²) in [6.45, 7) is 4.64. The van der Waals surface area contributed by atoms with Crippen molar-refractivity contribution in [3.63, 3.8) is 0 Å². The molecule has 4 aliphatic carbocycles. The molecule has 146 valence electrons. The minimum atomic E-state index is -0.825. The second-order valence-corrected chi connectivity index (χ2v) is 10.1. The van der Waals surface area contributed by atoms with Gasteiger partial charge in [-0.25, -0.2) is 0 Å². The number of hydrogen-bond acceptors (Lipinski definition) is 3. The molecule has 26 heavy (non-hydrogen) atoms. The fourth-order valence-electron chi connectivity index (χ4n) is 7.48. The van der Waals surface area contributed by atoms with E-state index in [4.69, 9.17) is 5.11 Å². The minimum Gasteiger partial charge on any atom is -0.481 e. The molecule has 1 unspecified atom stereocenters. The Morgan fingerprint density at radius 3 is 2.62 bits per heavy atom. The van der Waals surface area contributed by atoms with Crippen LogP contribution < -0.4 is 0 Å².